The highest BCUT2D eigenvalue weighted by molar-refractivity contribution is 6.27. The van der Waals surface area contributed by atoms with Gasteiger partial charge in [0.15, 0.2) is 5.82 Å². The Labute approximate surface area is 86.2 Å². The van der Waals surface area contributed by atoms with Gasteiger partial charge in [0, 0.05) is 0 Å². The minimum Gasteiger partial charge on any atom is -0.367 e. The number of aromatic nitrogens is 2. The smallest absolute Gasteiger partial charge is 0.330 e. The molecule has 4 nitrogen and oxygen atoms in total. The molecule has 0 radical (unpaired) electrons. The molecule has 0 saturated heterocycles. The van der Waals surface area contributed by atoms with Crippen LogP contribution in [-0.4, -0.2) is 29.1 Å². The summed E-state index contributed by atoms with van der Waals surface area (Å²) in [5, 5.41) is 2.92. The van der Waals surface area contributed by atoms with Crippen molar-refractivity contribution in [3.8, 4) is 0 Å². The van der Waals surface area contributed by atoms with Crippen molar-refractivity contribution in [3.05, 3.63) is 11.2 Å². The second-order valence-electron chi connectivity index (χ2n) is 2.52. The number of halogens is 5. The number of rotatable bonds is 5. The third-order valence-electron chi connectivity index (χ3n) is 1.29. The van der Waals surface area contributed by atoms with Crippen LogP contribution in [0.15, 0.2) is 4.52 Å². The van der Waals surface area contributed by atoms with Crippen molar-refractivity contribution in [2.24, 2.45) is 0 Å². The van der Waals surface area contributed by atoms with Crippen LogP contribution in [0, 0.1) is 0 Å². The Balaban J connectivity index is 2.33. The van der Waals surface area contributed by atoms with E-state index in [1.165, 1.54) is 0 Å². The largest absolute Gasteiger partial charge is 0.367 e. The third kappa shape index (κ3) is 3.63. The van der Waals surface area contributed by atoms with Gasteiger partial charge in [-0.2, -0.15) is 13.8 Å². The van der Waals surface area contributed by atoms with Gasteiger partial charge in [-0.1, -0.05) is 5.16 Å². The quantitative estimate of drug-likeness (QED) is 0.749. The topological polar surface area (TPSA) is 48.2 Å². The number of nitrogens with zero attached hydrogens (tertiary/aromatic N) is 2. The van der Waals surface area contributed by atoms with Crippen LogP contribution in [0.1, 0.15) is 5.82 Å². The van der Waals surface area contributed by atoms with Crippen LogP contribution < -0.4 is 0 Å². The van der Waals surface area contributed by atoms with Gasteiger partial charge in [0.05, 0.1) is 0 Å². The van der Waals surface area contributed by atoms with Crippen LogP contribution >= 0.6 is 11.6 Å². The van der Waals surface area contributed by atoms with Crippen LogP contribution in [0.25, 0.3) is 0 Å². The fraction of sp³-hybridized carbons (Fsp3) is 0.667. The lowest BCUT2D eigenvalue weighted by atomic mass is 10.4. The van der Waals surface area contributed by atoms with Crippen molar-refractivity contribution in [1.82, 2.24) is 10.1 Å². The maximum absolute atomic E-state index is 12.3. The molecule has 15 heavy (non-hydrogen) atoms. The minimum atomic E-state index is -4.19. The average molecular weight is 249 g/mol. The molecular weight excluding hydrogens is 244 g/mol. The van der Waals surface area contributed by atoms with Crippen molar-refractivity contribution in [2.75, 3.05) is 6.61 Å². The van der Waals surface area contributed by atoms with Crippen molar-refractivity contribution in [3.63, 3.8) is 0 Å². The van der Waals surface area contributed by atoms with Crippen LogP contribution in [0.2, 0.25) is 5.35 Å². The van der Waals surface area contributed by atoms with E-state index in [0.29, 0.717) is 0 Å². The first-order valence-corrected chi connectivity index (χ1v) is 4.01. The predicted molar refractivity (Wildman–Crippen MR) is 39.9 cm³/mol. The highest BCUT2D eigenvalue weighted by Gasteiger charge is 2.41. The van der Waals surface area contributed by atoms with E-state index in [4.69, 9.17) is 11.6 Å². The van der Waals surface area contributed by atoms with Crippen molar-refractivity contribution in [2.45, 2.75) is 19.0 Å². The molecule has 1 aromatic rings. The second kappa shape index (κ2) is 4.75. The number of alkyl halides is 4. The van der Waals surface area contributed by atoms with Gasteiger partial charge in [0.2, 0.25) is 0 Å². The Morgan fingerprint density at radius 2 is 2.13 bits per heavy atom. The van der Waals surface area contributed by atoms with E-state index < -0.39 is 25.6 Å². The van der Waals surface area contributed by atoms with Gasteiger partial charge in [-0.15, -0.1) is 0 Å². The minimum absolute atomic E-state index is 0.0925. The summed E-state index contributed by atoms with van der Waals surface area (Å²) >= 11 is 5.22. The Morgan fingerprint density at radius 3 is 2.60 bits per heavy atom. The molecule has 0 unspecified atom stereocenters. The van der Waals surface area contributed by atoms with Gasteiger partial charge < -0.3 is 9.26 Å². The van der Waals surface area contributed by atoms with Gasteiger partial charge in [0.1, 0.15) is 13.2 Å². The Hall–Kier alpha value is -0.890. The molecule has 0 atom stereocenters. The van der Waals surface area contributed by atoms with Gasteiger partial charge in [-0.3, -0.25) is 0 Å². The predicted octanol–water partition coefficient (Wildman–Crippen LogP) is 2.14. The van der Waals surface area contributed by atoms with Crippen molar-refractivity contribution < 1.29 is 26.8 Å². The molecule has 0 saturated carbocycles. The SMILES string of the molecule is FC(F)C(F)(F)COCc1noc(Cl)n1. The molecule has 86 valence electrons. The molecule has 0 N–H and O–H groups in total. The zero-order valence-electron chi connectivity index (χ0n) is 7.09. The van der Waals surface area contributed by atoms with Crippen LogP contribution in [0.5, 0.6) is 0 Å². The molecule has 0 fully saturated rings. The molecular formula is C6H5ClF4N2O2. The molecule has 0 amide bonds. The van der Waals surface area contributed by atoms with E-state index in [0.717, 1.165) is 0 Å². The normalized spacial score (nSPS) is 12.4. The van der Waals surface area contributed by atoms with E-state index in [9.17, 15) is 17.6 Å². The summed E-state index contributed by atoms with van der Waals surface area (Å²) in [6.45, 7) is -1.89. The summed E-state index contributed by atoms with van der Waals surface area (Å²) < 4.78 is 56.4. The number of hydrogen-bond acceptors (Lipinski definition) is 4. The van der Waals surface area contributed by atoms with E-state index >= 15 is 0 Å². The summed E-state index contributed by atoms with van der Waals surface area (Å²) in [5.41, 5.74) is 0. The molecule has 0 bridgehead atoms. The molecule has 1 heterocycles. The van der Waals surface area contributed by atoms with Gasteiger partial charge in [0.25, 0.3) is 0 Å². The molecule has 1 rings (SSSR count). The van der Waals surface area contributed by atoms with Crippen LogP contribution in [-0.2, 0) is 11.3 Å². The number of hydrogen-bond donors (Lipinski definition) is 0. The fourth-order valence-electron chi connectivity index (χ4n) is 0.633. The summed E-state index contributed by atoms with van der Waals surface area (Å²) in [7, 11) is 0. The molecule has 1 aromatic heterocycles. The second-order valence-corrected chi connectivity index (χ2v) is 2.84. The molecule has 9 heteroatoms. The lowest BCUT2D eigenvalue weighted by molar-refractivity contribution is -0.168. The van der Waals surface area contributed by atoms with E-state index in [1.54, 1.807) is 0 Å². The zero-order chi connectivity index (χ0) is 11.5. The summed E-state index contributed by atoms with van der Waals surface area (Å²) in [6.07, 6.45) is -3.77. The maximum Gasteiger partial charge on any atom is 0.330 e. The maximum atomic E-state index is 12.3. The molecule has 0 aliphatic heterocycles. The van der Waals surface area contributed by atoms with Crippen molar-refractivity contribution >= 4 is 11.6 Å². The summed E-state index contributed by atoms with van der Waals surface area (Å²) in [6, 6.07) is 0. The average Bonchev–Trinajstić information content (AvgIpc) is 2.51. The van der Waals surface area contributed by atoms with Crippen molar-refractivity contribution in [1.29, 1.82) is 0 Å². The molecule has 0 spiro atoms. The first-order valence-electron chi connectivity index (χ1n) is 3.63. The molecule has 0 aliphatic carbocycles. The molecule has 0 aromatic carbocycles. The highest BCUT2D eigenvalue weighted by atomic mass is 35.5. The van der Waals surface area contributed by atoms with Crippen LogP contribution in [0.4, 0.5) is 17.6 Å². The van der Waals surface area contributed by atoms with Gasteiger partial charge in [-0.05, 0) is 11.6 Å². The lowest BCUT2D eigenvalue weighted by Crippen LogP contribution is -2.32. The van der Waals surface area contributed by atoms with Gasteiger partial charge in [-0.25, -0.2) is 8.78 Å². The summed E-state index contributed by atoms with van der Waals surface area (Å²) in [5.74, 6) is -4.28. The zero-order valence-corrected chi connectivity index (χ0v) is 7.85. The first kappa shape index (κ1) is 12.2. The Bertz CT molecular complexity index is 320. The fourth-order valence-corrected chi connectivity index (χ4v) is 0.765. The number of ether oxygens (including phenoxy) is 1. The highest BCUT2D eigenvalue weighted by Crippen LogP contribution is 2.23. The van der Waals surface area contributed by atoms with E-state index in [-0.39, 0.29) is 11.2 Å². The van der Waals surface area contributed by atoms with E-state index in [2.05, 4.69) is 19.4 Å². The molecule has 0 aliphatic rings. The van der Waals surface area contributed by atoms with Crippen LogP contribution in [0.3, 0.4) is 0 Å². The summed E-state index contributed by atoms with van der Waals surface area (Å²) in [4.78, 5) is 3.41. The lowest BCUT2D eigenvalue weighted by Gasteiger charge is -2.14. The Kier molecular flexibility index (Phi) is 3.86. The van der Waals surface area contributed by atoms with E-state index in [1.807, 2.05) is 0 Å². The standard InChI is InChI=1S/C6H5ClF4N2O2/c7-5-12-3(13-15-5)1-14-2-6(10,11)4(8)9/h4H,1-2H2. The Morgan fingerprint density at radius 1 is 1.47 bits per heavy atom. The monoisotopic (exact) mass is 248 g/mol. The van der Waals surface area contributed by atoms with Gasteiger partial charge >= 0.3 is 17.7 Å². The third-order valence-corrected chi connectivity index (χ3v) is 1.44. The first-order chi connectivity index (χ1) is 6.92.